The van der Waals surface area contributed by atoms with E-state index in [0.29, 0.717) is 38.6 Å². The molecule has 1 aromatic heterocycles. The average Bonchev–Trinajstić information content (AvgIpc) is 3.11. The smallest absolute Gasteiger partial charge is 0.272 e. The third-order valence-corrected chi connectivity index (χ3v) is 5.54. The SMILES string of the molecule is COCCn1nc(C(=O)NCCN2CCc3ccccc3C2)c2c1CCOC2. The van der Waals surface area contributed by atoms with Gasteiger partial charge >= 0.3 is 0 Å². The number of fused-ring (bicyclic) bond motifs is 2. The molecule has 3 heterocycles. The largest absolute Gasteiger partial charge is 0.383 e. The molecule has 4 rings (SSSR count). The zero-order valence-electron chi connectivity index (χ0n) is 16.4. The van der Waals surface area contributed by atoms with Crippen LogP contribution in [-0.2, 0) is 42.0 Å². The molecule has 150 valence electrons. The van der Waals surface area contributed by atoms with Gasteiger partial charge in [-0.05, 0) is 17.5 Å². The molecule has 0 unspecified atom stereocenters. The normalized spacial score (nSPS) is 16.5. The van der Waals surface area contributed by atoms with Gasteiger partial charge in [0.15, 0.2) is 5.69 Å². The van der Waals surface area contributed by atoms with Gasteiger partial charge in [0.25, 0.3) is 5.91 Å². The molecule has 0 spiro atoms. The number of hydrogen-bond acceptors (Lipinski definition) is 5. The maximum Gasteiger partial charge on any atom is 0.272 e. The highest BCUT2D eigenvalue weighted by molar-refractivity contribution is 5.94. The van der Waals surface area contributed by atoms with Crippen molar-refractivity contribution in [1.29, 1.82) is 0 Å². The molecule has 2 aromatic rings. The number of amides is 1. The van der Waals surface area contributed by atoms with Crippen LogP contribution in [0.15, 0.2) is 24.3 Å². The molecule has 7 nitrogen and oxygen atoms in total. The van der Waals surface area contributed by atoms with Crippen LogP contribution >= 0.6 is 0 Å². The lowest BCUT2D eigenvalue weighted by Crippen LogP contribution is -2.38. The average molecular weight is 384 g/mol. The predicted molar refractivity (Wildman–Crippen MR) is 105 cm³/mol. The van der Waals surface area contributed by atoms with Crippen LogP contribution in [-0.4, -0.2) is 60.5 Å². The van der Waals surface area contributed by atoms with Crippen molar-refractivity contribution in [3.63, 3.8) is 0 Å². The van der Waals surface area contributed by atoms with E-state index in [1.165, 1.54) is 11.1 Å². The number of carbonyl (C=O) groups is 1. The Bertz CT molecular complexity index is 833. The maximum atomic E-state index is 12.8. The minimum atomic E-state index is -0.115. The fourth-order valence-corrected chi connectivity index (χ4v) is 4.01. The van der Waals surface area contributed by atoms with Crippen LogP contribution in [0.5, 0.6) is 0 Å². The van der Waals surface area contributed by atoms with Crippen molar-refractivity contribution in [3.8, 4) is 0 Å². The van der Waals surface area contributed by atoms with Crippen LogP contribution in [0.1, 0.15) is 32.9 Å². The van der Waals surface area contributed by atoms with Crippen molar-refractivity contribution < 1.29 is 14.3 Å². The molecule has 1 N–H and O–H groups in total. The number of nitrogens with one attached hydrogen (secondary N) is 1. The molecule has 7 heteroatoms. The monoisotopic (exact) mass is 384 g/mol. The molecule has 1 aromatic carbocycles. The summed E-state index contributed by atoms with van der Waals surface area (Å²) in [6.45, 7) is 5.77. The third-order valence-electron chi connectivity index (χ3n) is 5.54. The number of hydrogen-bond donors (Lipinski definition) is 1. The molecule has 0 saturated heterocycles. The lowest BCUT2D eigenvalue weighted by atomic mass is 10.00. The van der Waals surface area contributed by atoms with Gasteiger partial charge in [0.2, 0.25) is 0 Å². The molecule has 0 radical (unpaired) electrons. The molecule has 28 heavy (non-hydrogen) atoms. The van der Waals surface area contributed by atoms with Crippen LogP contribution in [0.4, 0.5) is 0 Å². The van der Waals surface area contributed by atoms with Gasteiger partial charge in [0.1, 0.15) is 0 Å². The van der Waals surface area contributed by atoms with Gasteiger partial charge in [-0.15, -0.1) is 0 Å². The summed E-state index contributed by atoms with van der Waals surface area (Å²) in [6, 6.07) is 8.60. The van der Waals surface area contributed by atoms with Gasteiger partial charge in [0.05, 0.1) is 26.4 Å². The van der Waals surface area contributed by atoms with Crippen molar-refractivity contribution in [2.75, 3.05) is 40.0 Å². The van der Waals surface area contributed by atoms with E-state index in [4.69, 9.17) is 9.47 Å². The van der Waals surface area contributed by atoms with Gasteiger partial charge in [-0.1, -0.05) is 24.3 Å². The second-order valence-corrected chi connectivity index (χ2v) is 7.34. The third kappa shape index (κ3) is 4.11. The van der Waals surface area contributed by atoms with Crippen LogP contribution in [0.2, 0.25) is 0 Å². The first-order valence-corrected chi connectivity index (χ1v) is 9.99. The summed E-state index contributed by atoms with van der Waals surface area (Å²) in [5.41, 5.74) is 5.35. The molecule has 0 fully saturated rings. The summed E-state index contributed by atoms with van der Waals surface area (Å²) in [4.78, 5) is 15.1. The minimum Gasteiger partial charge on any atom is -0.383 e. The highest BCUT2D eigenvalue weighted by atomic mass is 16.5. The summed E-state index contributed by atoms with van der Waals surface area (Å²) in [5, 5.41) is 7.60. The van der Waals surface area contributed by atoms with E-state index in [2.05, 4.69) is 39.6 Å². The molecule has 0 atom stereocenters. The van der Waals surface area contributed by atoms with Crippen molar-refractivity contribution in [1.82, 2.24) is 20.0 Å². The van der Waals surface area contributed by atoms with E-state index < -0.39 is 0 Å². The first-order chi connectivity index (χ1) is 13.8. The minimum absolute atomic E-state index is 0.115. The van der Waals surface area contributed by atoms with E-state index in [1.807, 2.05) is 4.68 Å². The lowest BCUT2D eigenvalue weighted by molar-refractivity contribution is 0.0919. The first kappa shape index (κ1) is 19.1. The highest BCUT2D eigenvalue weighted by Crippen LogP contribution is 2.21. The van der Waals surface area contributed by atoms with E-state index in [9.17, 15) is 4.79 Å². The molecule has 0 aliphatic carbocycles. The Morgan fingerprint density at radius 1 is 1.25 bits per heavy atom. The maximum absolute atomic E-state index is 12.8. The van der Waals surface area contributed by atoms with Gasteiger partial charge in [-0.2, -0.15) is 5.10 Å². The van der Waals surface area contributed by atoms with E-state index in [-0.39, 0.29) is 5.91 Å². The first-order valence-electron chi connectivity index (χ1n) is 9.99. The summed E-state index contributed by atoms with van der Waals surface area (Å²) >= 11 is 0. The van der Waals surface area contributed by atoms with Crippen molar-refractivity contribution >= 4 is 5.91 Å². The summed E-state index contributed by atoms with van der Waals surface area (Å²) < 4.78 is 12.6. The molecule has 0 saturated carbocycles. The lowest BCUT2D eigenvalue weighted by Gasteiger charge is -2.28. The summed E-state index contributed by atoms with van der Waals surface area (Å²) in [5.74, 6) is -0.115. The Morgan fingerprint density at radius 3 is 2.96 bits per heavy atom. The van der Waals surface area contributed by atoms with Gasteiger partial charge in [0, 0.05) is 51.0 Å². The Morgan fingerprint density at radius 2 is 2.11 bits per heavy atom. The molecular formula is C21H28N4O3. The molecular weight excluding hydrogens is 356 g/mol. The second-order valence-electron chi connectivity index (χ2n) is 7.34. The number of benzene rings is 1. The van der Waals surface area contributed by atoms with Crippen molar-refractivity contribution in [3.05, 3.63) is 52.3 Å². The van der Waals surface area contributed by atoms with E-state index in [0.717, 1.165) is 43.7 Å². The van der Waals surface area contributed by atoms with Crippen LogP contribution in [0.3, 0.4) is 0 Å². The number of nitrogens with zero attached hydrogens (tertiary/aromatic N) is 3. The van der Waals surface area contributed by atoms with E-state index >= 15 is 0 Å². The van der Waals surface area contributed by atoms with Crippen molar-refractivity contribution in [2.45, 2.75) is 32.5 Å². The van der Waals surface area contributed by atoms with Crippen LogP contribution in [0.25, 0.3) is 0 Å². The standard InChI is InChI=1S/C21H28N4O3/c1-27-13-11-25-19-7-12-28-15-18(19)20(23-25)21(26)22-8-10-24-9-6-16-4-2-3-5-17(16)14-24/h2-5H,6-15H2,1H3,(H,22,26). The fourth-order valence-electron chi connectivity index (χ4n) is 4.01. The Hall–Kier alpha value is -2.22. The van der Waals surface area contributed by atoms with E-state index in [1.54, 1.807) is 7.11 Å². The Labute approximate surface area is 165 Å². The zero-order chi connectivity index (χ0) is 19.3. The number of aromatic nitrogens is 2. The molecule has 2 aliphatic heterocycles. The van der Waals surface area contributed by atoms with Crippen molar-refractivity contribution in [2.24, 2.45) is 0 Å². The number of methoxy groups -OCH3 is 1. The van der Waals surface area contributed by atoms with Crippen LogP contribution in [0, 0.1) is 0 Å². The zero-order valence-corrected chi connectivity index (χ0v) is 16.4. The summed E-state index contributed by atoms with van der Waals surface area (Å²) in [6.07, 6.45) is 1.85. The van der Waals surface area contributed by atoms with Gasteiger partial charge in [-0.3, -0.25) is 14.4 Å². The predicted octanol–water partition coefficient (Wildman–Crippen LogP) is 1.39. The number of rotatable bonds is 7. The highest BCUT2D eigenvalue weighted by Gasteiger charge is 2.25. The Balaban J connectivity index is 1.35. The summed E-state index contributed by atoms with van der Waals surface area (Å²) in [7, 11) is 1.67. The van der Waals surface area contributed by atoms with Gasteiger partial charge < -0.3 is 14.8 Å². The topological polar surface area (TPSA) is 68.6 Å². The Kier molecular flexibility index (Phi) is 6.04. The van der Waals surface area contributed by atoms with Crippen LogP contribution < -0.4 is 5.32 Å². The van der Waals surface area contributed by atoms with Gasteiger partial charge in [-0.25, -0.2) is 0 Å². The second kappa shape index (κ2) is 8.86. The number of ether oxygens (including phenoxy) is 2. The molecule has 0 bridgehead atoms. The number of carbonyl (C=O) groups excluding carboxylic acids is 1. The molecule has 2 aliphatic rings. The molecule has 1 amide bonds. The quantitative estimate of drug-likeness (QED) is 0.781. The fraction of sp³-hybridized carbons (Fsp3) is 0.524.